The van der Waals surface area contributed by atoms with Crippen molar-refractivity contribution < 1.29 is 52.8 Å². The second kappa shape index (κ2) is 6.36. The maximum Gasteiger partial charge on any atom is 0.460 e. The molecule has 0 unspecified atom stereocenters. The van der Waals surface area contributed by atoms with E-state index in [1.165, 1.54) is 0 Å². The third kappa shape index (κ3) is 3.87. The van der Waals surface area contributed by atoms with Crippen molar-refractivity contribution in [1.29, 1.82) is 0 Å². The molecule has 0 bridgehead atoms. The fourth-order valence-corrected chi connectivity index (χ4v) is 1.89. The molecule has 13 heteroatoms. The molecule has 144 valence electrons. The van der Waals surface area contributed by atoms with Crippen molar-refractivity contribution in [1.82, 2.24) is 0 Å². The summed E-state index contributed by atoms with van der Waals surface area (Å²) in [6.07, 6.45) is -12.6. The van der Waals surface area contributed by atoms with Crippen molar-refractivity contribution in [3.63, 3.8) is 0 Å². The molecule has 0 atom stereocenters. The van der Waals surface area contributed by atoms with E-state index in [-0.39, 0.29) is 0 Å². The predicted octanol–water partition coefficient (Wildman–Crippen LogP) is 4.02. The molecule has 0 saturated carbocycles. The maximum atomic E-state index is 13.7. The second-order valence-electron chi connectivity index (χ2n) is 4.75. The zero-order valence-electron chi connectivity index (χ0n) is 12.1. The van der Waals surface area contributed by atoms with Gasteiger partial charge in [-0.3, -0.25) is 4.55 Å². The zero-order chi connectivity index (χ0) is 19.9. The maximum absolute atomic E-state index is 13.7. The predicted molar refractivity (Wildman–Crippen MR) is 67.2 cm³/mol. The first-order valence-electron chi connectivity index (χ1n) is 6.27. The van der Waals surface area contributed by atoms with E-state index in [2.05, 4.69) is 4.74 Å². The van der Waals surface area contributed by atoms with Gasteiger partial charge in [0.05, 0.1) is 0 Å². The first-order valence-corrected chi connectivity index (χ1v) is 7.71. The standard InChI is InChI=1S/C12H10F8O4S/c1-2-7-3-5-8(6-4-7)9(13,14)10(15,16)24-11(17,18)12(19,20)25(21,22)23/h3-6H,2H2,1H3,(H,21,22,23). The van der Waals surface area contributed by atoms with Crippen molar-refractivity contribution >= 4 is 10.1 Å². The molecule has 0 heterocycles. The van der Waals surface area contributed by atoms with E-state index in [0.29, 0.717) is 24.1 Å². The molecule has 25 heavy (non-hydrogen) atoms. The van der Waals surface area contributed by atoms with Crippen molar-refractivity contribution in [3.8, 4) is 0 Å². The van der Waals surface area contributed by atoms with Crippen molar-refractivity contribution in [2.24, 2.45) is 0 Å². The van der Waals surface area contributed by atoms with Gasteiger partial charge in [-0.2, -0.15) is 43.5 Å². The highest BCUT2D eigenvalue weighted by Crippen LogP contribution is 2.50. The number of alkyl halides is 8. The van der Waals surface area contributed by atoms with Crippen molar-refractivity contribution in [2.45, 2.75) is 36.7 Å². The number of rotatable bonds is 7. The van der Waals surface area contributed by atoms with Gasteiger partial charge in [0.15, 0.2) is 0 Å². The molecule has 0 spiro atoms. The largest absolute Gasteiger partial charge is 0.460 e. The summed E-state index contributed by atoms with van der Waals surface area (Å²) in [4.78, 5) is 0. The topological polar surface area (TPSA) is 63.6 Å². The number of hydrogen-bond donors (Lipinski definition) is 1. The molecule has 1 aromatic carbocycles. The second-order valence-corrected chi connectivity index (χ2v) is 6.22. The van der Waals surface area contributed by atoms with Crippen LogP contribution >= 0.6 is 0 Å². The lowest BCUT2D eigenvalue weighted by atomic mass is 10.0. The highest BCUT2D eigenvalue weighted by Gasteiger charge is 2.74. The summed E-state index contributed by atoms with van der Waals surface area (Å²) in [5, 5.41) is -6.59. The van der Waals surface area contributed by atoms with Crippen molar-refractivity contribution in [2.75, 3.05) is 0 Å². The molecule has 0 radical (unpaired) electrons. The molecule has 1 rings (SSSR count). The Morgan fingerprint density at radius 2 is 1.36 bits per heavy atom. The molecule has 0 aliphatic heterocycles. The average molecular weight is 402 g/mol. The third-order valence-corrected chi connectivity index (χ3v) is 3.90. The number of benzene rings is 1. The van der Waals surface area contributed by atoms with Gasteiger partial charge in [-0.25, -0.2) is 4.74 Å². The van der Waals surface area contributed by atoms with Gasteiger partial charge in [0.2, 0.25) is 0 Å². The van der Waals surface area contributed by atoms with Gasteiger partial charge in [-0.15, -0.1) is 0 Å². The number of ether oxygens (including phenoxy) is 1. The van der Waals surface area contributed by atoms with Crippen LogP contribution in [0.3, 0.4) is 0 Å². The van der Waals surface area contributed by atoms with Gasteiger partial charge in [0.25, 0.3) is 0 Å². The van der Waals surface area contributed by atoms with Crippen LogP contribution in [0.5, 0.6) is 0 Å². The Balaban J connectivity index is 3.25. The summed E-state index contributed by atoms with van der Waals surface area (Å²) in [6, 6.07) is 2.80. The number of halogens is 8. The Morgan fingerprint density at radius 3 is 1.72 bits per heavy atom. The molecule has 0 aromatic heterocycles. The Morgan fingerprint density at radius 1 is 0.920 bits per heavy atom. The van der Waals surface area contributed by atoms with E-state index in [0.717, 1.165) is 12.1 Å². The van der Waals surface area contributed by atoms with E-state index in [9.17, 15) is 43.5 Å². The van der Waals surface area contributed by atoms with Gasteiger partial charge in [0.1, 0.15) is 0 Å². The highest BCUT2D eigenvalue weighted by molar-refractivity contribution is 7.86. The Hall–Kier alpha value is -1.47. The molecule has 0 fully saturated rings. The first kappa shape index (κ1) is 21.6. The summed E-state index contributed by atoms with van der Waals surface area (Å²) < 4.78 is 137. The summed E-state index contributed by atoms with van der Waals surface area (Å²) in [5.74, 6) is -5.52. The van der Waals surface area contributed by atoms with Crippen LogP contribution in [0.2, 0.25) is 0 Å². The molecule has 0 saturated heterocycles. The minimum absolute atomic E-state index is 0.331. The minimum atomic E-state index is -6.94. The van der Waals surface area contributed by atoms with Gasteiger partial charge in [0, 0.05) is 5.56 Å². The first-order chi connectivity index (χ1) is 11.0. The van der Waals surface area contributed by atoms with E-state index in [1.807, 2.05) is 0 Å². The zero-order valence-corrected chi connectivity index (χ0v) is 12.9. The monoisotopic (exact) mass is 402 g/mol. The lowest BCUT2D eigenvalue weighted by molar-refractivity contribution is -0.459. The fraction of sp³-hybridized carbons (Fsp3) is 0.500. The van der Waals surface area contributed by atoms with Crippen LogP contribution in [-0.4, -0.2) is 30.4 Å². The van der Waals surface area contributed by atoms with E-state index in [1.54, 1.807) is 6.92 Å². The summed E-state index contributed by atoms with van der Waals surface area (Å²) >= 11 is 0. The van der Waals surface area contributed by atoms with Crippen LogP contribution in [-0.2, 0) is 27.2 Å². The minimum Gasteiger partial charge on any atom is -0.281 e. The van der Waals surface area contributed by atoms with Crippen LogP contribution < -0.4 is 0 Å². The van der Waals surface area contributed by atoms with Crippen LogP contribution in [0.1, 0.15) is 18.1 Å². The van der Waals surface area contributed by atoms with Gasteiger partial charge < -0.3 is 0 Å². The summed E-state index contributed by atoms with van der Waals surface area (Å²) in [5.41, 5.74) is -1.12. The molecule has 1 aromatic rings. The van der Waals surface area contributed by atoms with Gasteiger partial charge in [-0.1, -0.05) is 31.2 Å². The summed E-state index contributed by atoms with van der Waals surface area (Å²) in [7, 11) is -6.94. The average Bonchev–Trinajstić information content (AvgIpc) is 2.44. The van der Waals surface area contributed by atoms with Crippen LogP contribution in [0, 0.1) is 0 Å². The van der Waals surface area contributed by atoms with Crippen LogP contribution in [0.25, 0.3) is 0 Å². The van der Waals surface area contributed by atoms with Crippen LogP contribution in [0.4, 0.5) is 35.1 Å². The fourth-order valence-electron chi connectivity index (χ4n) is 1.55. The lowest BCUT2D eigenvalue weighted by Gasteiger charge is -2.31. The normalized spacial score (nSPS) is 14.6. The quantitative estimate of drug-likeness (QED) is 0.553. The molecule has 0 amide bonds. The molecule has 4 nitrogen and oxygen atoms in total. The van der Waals surface area contributed by atoms with Crippen molar-refractivity contribution in [3.05, 3.63) is 35.4 Å². The summed E-state index contributed by atoms with van der Waals surface area (Å²) in [6.45, 7) is 1.60. The van der Waals surface area contributed by atoms with E-state index < -0.39 is 39.1 Å². The Bertz CT molecular complexity index is 715. The number of hydrogen-bond acceptors (Lipinski definition) is 3. The van der Waals surface area contributed by atoms with Gasteiger partial charge in [-0.05, 0) is 12.0 Å². The molecule has 0 aliphatic carbocycles. The van der Waals surface area contributed by atoms with Gasteiger partial charge >= 0.3 is 33.5 Å². The molecule has 1 N–H and O–H groups in total. The smallest absolute Gasteiger partial charge is 0.281 e. The highest BCUT2D eigenvalue weighted by atomic mass is 32.2. The third-order valence-electron chi connectivity index (χ3n) is 3.01. The Labute approximate surface area is 136 Å². The Kier molecular flexibility index (Phi) is 5.49. The lowest BCUT2D eigenvalue weighted by Crippen LogP contribution is -2.55. The molecular formula is C12H10F8O4S. The molecular weight excluding hydrogens is 392 g/mol. The van der Waals surface area contributed by atoms with E-state index in [4.69, 9.17) is 4.55 Å². The molecule has 0 aliphatic rings. The number of aryl methyl sites for hydroxylation is 1. The SMILES string of the molecule is CCc1ccc(C(F)(F)C(F)(F)OC(F)(F)C(F)(F)S(=O)(=O)O)cc1. The van der Waals surface area contributed by atoms with E-state index >= 15 is 0 Å². The van der Waals surface area contributed by atoms with Crippen LogP contribution in [0.15, 0.2) is 24.3 Å².